The number of benzene rings is 1. The molecule has 0 saturated carbocycles. The number of ether oxygens (including phenoxy) is 1. The van der Waals surface area contributed by atoms with Gasteiger partial charge in [-0.2, -0.15) is 0 Å². The molecule has 0 fully saturated rings. The topological polar surface area (TPSA) is 39.4 Å². The van der Waals surface area contributed by atoms with Gasteiger partial charge in [-0.3, -0.25) is 4.79 Å². The second kappa shape index (κ2) is 4.57. The molecule has 0 saturated heterocycles. The van der Waals surface area contributed by atoms with Gasteiger partial charge in [0, 0.05) is 5.56 Å². The second-order valence-electron chi connectivity index (χ2n) is 5.28. The molecule has 2 aromatic rings. The zero-order valence-corrected chi connectivity index (χ0v) is 11.1. The summed E-state index contributed by atoms with van der Waals surface area (Å²) >= 11 is 0. The van der Waals surface area contributed by atoms with Crippen molar-refractivity contribution in [3.8, 4) is 17.1 Å². The minimum absolute atomic E-state index is 0.0562. The Bertz CT molecular complexity index is 596. The lowest BCUT2D eigenvalue weighted by Gasteiger charge is -2.26. The average molecular weight is 256 g/mol. The van der Waals surface area contributed by atoms with Crippen molar-refractivity contribution >= 4 is 5.97 Å². The van der Waals surface area contributed by atoms with E-state index in [4.69, 9.17) is 9.15 Å². The van der Waals surface area contributed by atoms with Gasteiger partial charge in [-0.25, -0.2) is 0 Å². The van der Waals surface area contributed by atoms with Gasteiger partial charge in [-0.05, 0) is 48.2 Å². The Morgan fingerprint density at radius 3 is 2.79 bits per heavy atom. The van der Waals surface area contributed by atoms with Crippen molar-refractivity contribution in [1.29, 1.82) is 0 Å². The molecule has 0 bridgehead atoms. The molecule has 3 heteroatoms. The van der Waals surface area contributed by atoms with E-state index in [1.807, 2.05) is 38.1 Å². The molecular formula is C16H16O3. The summed E-state index contributed by atoms with van der Waals surface area (Å²) in [4.78, 5) is 11.9. The molecular weight excluding hydrogens is 240 g/mol. The molecule has 2 heterocycles. The monoisotopic (exact) mass is 256 g/mol. The quantitative estimate of drug-likeness (QED) is 0.607. The van der Waals surface area contributed by atoms with E-state index in [1.54, 1.807) is 6.26 Å². The summed E-state index contributed by atoms with van der Waals surface area (Å²) in [7, 11) is 0. The van der Waals surface area contributed by atoms with Crippen LogP contribution in [-0.2, 0) is 11.2 Å². The molecule has 1 unspecified atom stereocenters. The van der Waals surface area contributed by atoms with Gasteiger partial charge in [-0.1, -0.05) is 13.8 Å². The Labute approximate surface area is 112 Å². The van der Waals surface area contributed by atoms with Gasteiger partial charge in [0.15, 0.2) is 0 Å². The highest BCUT2D eigenvalue weighted by atomic mass is 16.5. The normalized spacial score (nSPS) is 18.3. The number of furan rings is 1. The number of carbonyl (C=O) groups excluding carboxylic acids is 1. The van der Waals surface area contributed by atoms with Crippen molar-refractivity contribution in [2.45, 2.75) is 20.3 Å². The molecule has 0 amide bonds. The van der Waals surface area contributed by atoms with Crippen LogP contribution in [0.15, 0.2) is 41.0 Å². The standard InChI is InChI=1S/C16H16O3/c1-10(2)13-9-12-8-11(14-4-3-7-18-14)5-6-15(12)19-16(13)17/h3-8,10,13H,9H2,1-2H3. The molecule has 1 aliphatic heterocycles. The van der Waals surface area contributed by atoms with Gasteiger partial charge in [0.1, 0.15) is 11.5 Å². The van der Waals surface area contributed by atoms with Crippen LogP contribution in [0.5, 0.6) is 5.75 Å². The third kappa shape index (κ3) is 2.16. The number of hydrogen-bond acceptors (Lipinski definition) is 3. The highest BCUT2D eigenvalue weighted by Gasteiger charge is 2.30. The summed E-state index contributed by atoms with van der Waals surface area (Å²) in [5.74, 6) is 1.62. The Balaban J connectivity index is 1.97. The summed E-state index contributed by atoms with van der Waals surface area (Å²) in [6.07, 6.45) is 2.39. The number of fused-ring (bicyclic) bond motifs is 1. The van der Waals surface area contributed by atoms with Gasteiger partial charge in [0.05, 0.1) is 12.2 Å². The fraction of sp³-hybridized carbons (Fsp3) is 0.312. The maximum absolute atomic E-state index is 11.9. The fourth-order valence-corrected chi connectivity index (χ4v) is 2.45. The zero-order chi connectivity index (χ0) is 13.4. The van der Waals surface area contributed by atoms with E-state index in [0.717, 1.165) is 23.3 Å². The predicted octanol–water partition coefficient (Wildman–Crippen LogP) is 3.68. The first-order valence-corrected chi connectivity index (χ1v) is 6.53. The molecule has 1 aliphatic rings. The third-order valence-corrected chi connectivity index (χ3v) is 3.62. The summed E-state index contributed by atoms with van der Waals surface area (Å²) in [6.45, 7) is 4.10. The first kappa shape index (κ1) is 12.0. The maximum Gasteiger partial charge on any atom is 0.314 e. The van der Waals surface area contributed by atoms with Crippen LogP contribution in [0.4, 0.5) is 0 Å². The smallest absolute Gasteiger partial charge is 0.314 e. The molecule has 0 spiro atoms. The van der Waals surface area contributed by atoms with Crippen LogP contribution in [0, 0.1) is 11.8 Å². The fourth-order valence-electron chi connectivity index (χ4n) is 2.45. The van der Waals surface area contributed by atoms with Crippen LogP contribution in [-0.4, -0.2) is 5.97 Å². The molecule has 0 radical (unpaired) electrons. The largest absolute Gasteiger partial charge is 0.464 e. The molecule has 1 aromatic heterocycles. The van der Waals surface area contributed by atoms with E-state index in [-0.39, 0.29) is 17.8 Å². The van der Waals surface area contributed by atoms with Crippen LogP contribution in [0.2, 0.25) is 0 Å². The minimum atomic E-state index is -0.117. The molecule has 19 heavy (non-hydrogen) atoms. The van der Waals surface area contributed by atoms with Crippen LogP contribution >= 0.6 is 0 Å². The van der Waals surface area contributed by atoms with Crippen LogP contribution in [0.3, 0.4) is 0 Å². The van der Waals surface area contributed by atoms with Crippen LogP contribution in [0.1, 0.15) is 19.4 Å². The first-order chi connectivity index (χ1) is 9.15. The van der Waals surface area contributed by atoms with Gasteiger partial charge < -0.3 is 9.15 Å². The first-order valence-electron chi connectivity index (χ1n) is 6.53. The van der Waals surface area contributed by atoms with Gasteiger partial charge in [0.25, 0.3) is 0 Å². The van der Waals surface area contributed by atoms with E-state index >= 15 is 0 Å². The Morgan fingerprint density at radius 1 is 1.26 bits per heavy atom. The van der Waals surface area contributed by atoms with E-state index in [0.29, 0.717) is 5.75 Å². The Kier molecular flexibility index (Phi) is 2.90. The summed E-state index contributed by atoms with van der Waals surface area (Å²) in [6, 6.07) is 9.61. The average Bonchev–Trinajstić information content (AvgIpc) is 2.91. The second-order valence-corrected chi connectivity index (χ2v) is 5.28. The molecule has 0 aliphatic carbocycles. The van der Waals surface area contributed by atoms with Gasteiger partial charge in [0.2, 0.25) is 0 Å². The number of hydrogen-bond donors (Lipinski definition) is 0. The SMILES string of the molecule is CC(C)C1Cc2cc(-c3ccco3)ccc2OC1=O. The van der Waals surface area contributed by atoms with Crippen LogP contribution < -0.4 is 4.74 Å². The molecule has 1 atom stereocenters. The van der Waals surface area contributed by atoms with E-state index in [2.05, 4.69) is 6.07 Å². The van der Waals surface area contributed by atoms with Crippen molar-refractivity contribution < 1.29 is 13.9 Å². The number of carbonyl (C=O) groups is 1. The Morgan fingerprint density at radius 2 is 2.11 bits per heavy atom. The van der Waals surface area contributed by atoms with Crippen molar-refractivity contribution in [2.24, 2.45) is 11.8 Å². The lowest BCUT2D eigenvalue weighted by molar-refractivity contribution is -0.141. The Hall–Kier alpha value is -2.03. The maximum atomic E-state index is 11.9. The molecule has 3 nitrogen and oxygen atoms in total. The van der Waals surface area contributed by atoms with E-state index in [9.17, 15) is 4.79 Å². The lowest BCUT2D eigenvalue weighted by Crippen LogP contribution is -2.31. The molecule has 98 valence electrons. The predicted molar refractivity (Wildman–Crippen MR) is 71.8 cm³/mol. The van der Waals surface area contributed by atoms with Crippen molar-refractivity contribution in [2.75, 3.05) is 0 Å². The van der Waals surface area contributed by atoms with Crippen molar-refractivity contribution in [1.82, 2.24) is 0 Å². The highest BCUT2D eigenvalue weighted by Crippen LogP contribution is 2.34. The summed E-state index contributed by atoms with van der Waals surface area (Å²) < 4.78 is 10.8. The van der Waals surface area contributed by atoms with E-state index in [1.165, 1.54) is 0 Å². The highest BCUT2D eigenvalue weighted by molar-refractivity contribution is 5.79. The van der Waals surface area contributed by atoms with E-state index < -0.39 is 0 Å². The minimum Gasteiger partial charge on any atom is -0.464 e. The third-order valence-electron chi connectivity index (χ3n) is 3.62. The van der Waals surface area contributed by atoms with Gasteiger partial charge in [-0.15, -0.1) is 0 Å². The molecule has 0 N–H and O–H groups in total. The number of esters is 1. The molecule has 1 aromatic carbocycles. The summed E-state index contributed by atoms with van der Waals surface area (Å²) in [5, 5.41) is 0. The van der Waals surface area contributed by atoms with Crippen molar-refractivity contribution in [3.63, 3.8) is 0 Å². The number of rotatable bonds is 2. The lowest BCUT2D eigenvalue weighted by atomic mass is 9.86. The van der Waals surface area contributed by atoms with Crippen LogP contribution in [0.25, 0.3) is 11.3 Å². The zero-order valence-electron chi connectivity index (χ0n) is 11.1. The summed E-state index contributed by atoms with van der Waals surface area (Å²) in [5.41, 5.74) is 2.09. The van der Waals surface area contributed by atoms with Gasteiger partial charge >= 0.3 is 5.97 Å². The van der Waals surface area contributed by atoms with Crippen molar-refractivity contribution in [3.05, 3.63) is 42.2 Å². The molecule has 3 rings (SSSR count).